The maximum absolute atomic E-state index is 5.38. The highest BCUT2D eigenvalue weighted by Crippen LogP contribution is 2.08. The van der Waals surface area contributed by atoms with Crippen LogP contribution in [-0.2, 0) is 4.74 Å². The van der Waals surface area contributed by atoms with Gasteiger partial charge in [-0.05, 0) is 13.1 Å². The predicted octanol–water partition coefficient (Wildman–Crippen LogP) is -0.809. The lowest BCUT2D eigenvalue weighted by Gasteiger charge is -2.38. The lowest BCUT2D eigenvalue weighted by Crippen LogP contribution is -2.55. The number of halogens is 1. The van der Waals surface area contributed by atoms with E-state index in [1.54, 1.807) is 11.3 Å². The second-order valence-corrected chi connectivity index (χ2v) is 3.13. The molecule has 0 bridgehead atoms. The van der Waals surface area contributed by atoms with E-state index >= 15 is 0 Å². The van der Waals surface area contributed by atoms with Crippen molar-refractivity contribution in [1.29, 1.82) is 0 Å². The lowest BCUT2D eigenvalue weighted by molar-refractivity contribution is -0.0772. The van der Waals surface area contributed by atoms with Crippen LogP contribution in [0.1, 0.15) is 0 Å². The summed E-state index contributed by atoms with van der Waals surface area (Å²) in [7, 11) is 2.07. The van der Waals surface area contributed by atoms with Crippen LogP contribution in [-0.4, -0.2) is 54.7 Å². The third-order valence-electron chi connectivity index (χ3n) is 2.23. The topological polar surface area (TPSA) is 71.6 Å². The summed E-state index contributed by atoms with van der Waals surface area (Å²) in [6.45, 7) is 2.44. The third kappa shape index (κ3) is 3.35. The summed E-state index contributed by atoms with van der Waals surface area (Å²) in [5, 5.41) is 6.00. The standard InChI is InChI=1S/C8H14N4O.ClH.H2O/c1-11-5-6-13-7-8(11)12-9-3-2-4-10-12;;/h2-4,8-9H,5-7H2,1H3;1H;1H2. The van der Waals surface area contributed by atoms with Gasteiger partial charge in [0.1, 0.15) is 6.17 Å². The fourth-order valence-electron chi connectivity index (χ4n) is 1.40. The first-order valence-corrected chi connectivity index (χ1v) is 4.40. The summed E-state index contributed by atoms with van der Waals surface area (Å²) in [4.78, 5) is 2.22. The van der Waals surface area contributed by atoms with E-state index in [1.807, 2.05) is 12.3 Å². The van der Waals surface area contributed by atoms with Gasteiger partial charge in [0, 0.05) is 12.7 Å². The van der Waals surface area contributed by atoms with Crippen molar-refractivity contribution in [2.24, 2.45) is 5.10 Å². The first-order valence-electron chi connectivity index (χ1n) is 4.40. The molecule has 0 amide bonds. The number of hydrogen-bond donors (Lipinski definition) is 1. The van der Waals surface area contributed by atoms with E-state index in [1.165, 1.54) is 0 Å². The van der Waals surface area contributed by atoms with E-state index in [9.17, 15) is 0 Å². The van der Waals surface area contributed by atoms with Gasteiger partial charge >= 0.3 is 0 Å². The van der Waals surface area contributed by atoms with Crippen LogP contribution in [0.15, 0.2) is 17.4 Å². The molecule has 2 rings (SSSR count). The number of hydrazine groups is 1. The highest BCUT2D eigenvalue weighted by molar-refractivity contribution is 5.85. The predicted molar refractivity (Wildman–Crippen MR) is 60.7 cm³/mol. The number of allylic oxidation sites excluding steroid dienone is 1. The van der Waals surface area contributed by atoms with Gasteiger partial charge in [-0.15, -0.1) is 12.4 Å². The molecule has 1 atom stereocenters. The van der Waals surface area contributed by atoms with Crippen LogP contribution in [0.2, 0.25) is 0 Å². The average molecular weight is 237 g/mol. The average Bonchev–Trinajstić information content (AvgIpc) is 2.20. The summed E-state index contributed by atoms with van der Waals surface area (Å²) in [6, 6.07) is 0. The van der Waals surface area contributed by atoms with Gasteiger partial charge in [-0.25, -0.2) is 0 Å². The van der Waals surface area contributed by atoms with Crippen LogP contribution in [0.3, 0.4) is 0 Å². The first kappa shape index (κ1) is 14.2. The van der Waals surface area contributed by atoms with Crippen molar-refractivity contribution in [1.82, 2.24) is 15.4 Å². The molecule has 88 valence electrons. The second kappa shape index (κ2) is 6.62. The molecule has 3 N–H and O–H groups in total. The Hall–Kier alpha value is -0.820. The number of likely N-dealkylation sites (N-methyl/N-ethyl adjacent to an activating group) is 1. The van der Waals surface area contributed by atoms with Gasteiger partial charge in [-0.3, -0.25) is 10.3 Å². The number of nitrogens with zero attached hydrogens (tertiary/aromatic N) is 3. The van der Waals surface area contributed by atoms with Gasteiger partial charge in [0.05, 0.1) is 19.4 Å². The molecule has 2 aliphatic rings. The molecule has 0 aliphatic carbocycles. The van der Waals surface area contributed by atoms with Gasteiger partial charge in [-0.2, -0.15) is 10.2 Å². The van der Waals surface area contributed by atoms with Gasteiger partial charge in [0.15, 0.2) is 0 Å². The van der Waals surface area contributed by atoms with Crippen LogP contribution < -0.4 is 5.43 Å². The monoisotopic (exact) mass is 236 g/mol. The zero-order valence-corrected chi connectivity index (χ0v) is 9.41. The van der Waals surface area contributed by atoms with E-state index in [2.05, 4.69) is 22.5 Å². The Bertz CT molecular complexity index is 237. The normalized spacial score (nSPS) is 25.1. The molecule has 1 unspecified atom stereocenters. The number of rotatable bonds is 1. The Kier molecular flexibility index (Phi) is 6.26. The minimum absolute atomic E-state index is 0. The molecule has 2 aliphatic heterocycles. The molecule has 6 nitrogen and oxygen atoms in total. The van der Waals surface area contributed by atoms with Gasteiger partial charge in [0.2, 0.25) is 0 Å². The van der Waals surface area contributed by atoms with Crippen LogP contribution in [0.4, 0.5) is 0 Å². The Morgan fingerprint density at radius 1 is 1.53 bits per heavy atom. The Labute approximate surface area is 95.2 Å². The molecular weight excluding hydrogens is 220 g/mol. The minimum Gasteiger partial charge on any atom is -0.412 e. The Balaban J connectivity index is 0.000000980. The first-order chi connectivity index (χ1) is 6.38. The highest BCUT2D eigenvalue weighted by atomic mass is 35.5. The van der Waals surface area contributed by atoms with Crippen LogP contribution in [0.5, 0.6) is 0 Å². The second-order valence-electron chi connectivity index (χ2n) is 3.13. The Morgan fingerprint density at radius 3 is 2.93 bits per heavy atom. The van der Waals surface area contributed by atoms with E-state index in [4.69, 9.17) is 4.74 Å². The van der Waals surface area contributed by atoms with Gasteiger partial charge in [0.25, 0.3) is 0 Å². The van der Waals surface area contributed by atoms with Crippen LogP contribution in [0, 0.1) is 0 Å². The van der Waals surface area contributed by atoms with Crippen molar-refractivity contribution in [3.05, 3.63) is 12.3 Å². The number of nitrogens with one attached hydrogen (secondary N) is 1. The zero-order chi connectivity index (χ0) is 9.10. The van der Waals surface area contributed by atoms with Crippen molar-refractivity contribution in [3.63, 3.8) is 0 Å². The quantitative estimate of drug-likeness (QED) is 0.647. The fourth-order valence-corrected chi connectivity index (χ4v) is 1.40. The molecule has 0 saturated carbocycles. The Morgan fingerprint density at radius 2 is 2.33 bits per heavy atom. The number of morpholine rings is 1. The van der Waals surface area contributed by atoms with E-state index in [0.717, 1.165) is 13.2 Å². The van der Waals surface area contributed by atoms with Crippen molar-refractivity contribution in [2.45, 2.75) is 6.17 Å². The number of hydrogen-bond acceptors (Lipinski definition) is 5. The molecule has 15 heavy (non-hydrogen) atoms. The highest BCUT2D eigenvalue weighted by Gasteiger charge is 2.25. The molecule has 0 radical (unpaired) electrons. The molecular formula is C8H17ClN4O2. The van der Waals surface area contributed by atoms with Crippen molar-refractivity contribution >= 4 is 18.6 Å². The summed E-state index contributed by atoms with van der Waals surface area (Å²) < 4.78 is 5.38. The maximum atomic E-state index is 5.38. The van der Waals surface area contributed by atoms with Crippen molar-refractivity contribution < 1.29 is 10.2 Å². The summed E-state index contributed by atoms with van der Waals surface area (Å²) in [6.07, 6.45) is 5.67. The zero-order valence-electron chi connectivity index (χ0n) is 8.59. The lowest BCUT2D eigenvalue weighted by atomic mass is 10.4. The fraction of sp³-hybridized carbons (Fsp3) is 0.625. The molecule has 1 saturated heterocycles. The molecule has 0 aromatic rings. The molecule has 1 fully saturated rings. The molecule has 2 heterocycles. The SMILES string of the molecule is CN1CCOCC1N1N=CC=CN1.Cl.O. The smallest absolute Gasteiger partial charge is 0.145 e. The summed E-state index contributed by atoms with van der Waals surface area (Å²) >= 11 is 0. The molecule has 0 aromatic heterocycles. The summed E-state index contributed by atoms with van der Waals surface area (Å²) in [5.74, 6) is 0. The molecule has 7 heteroatoms. The van der Waals surface area contributed by atoms with E-state index in [-0.39, 0.29) is 24.0 Å². The van der Waals surface area contributed by atoms with Crippen LogP contribution in [0.25, 0.3) is 0 Å². The van der Waals surface area contributed by atoms with Gasteiger partial charge < -0.3 is 10.2 Å². The third-order valence-corrected chi connectivity index (χ3v) is 2.23. The molecule has 0 spiro atoms. The largest absolute Gasteiger partial charge is 0.412 e. The van der Waals surface area contributed by atoms with E-state index in [0.29, 0.717) is 6.61 Å². The minimum atomic E-state index is 0. The van der Waals surface area contributed by atoms with Gasteiger partial charge in [-0.1, -0.05) is 0 Å². The number of ether oxygens (including phenoxy) is 1. The maximum Gasteiger partial charge on any atom is 0.145 e. The van der Waals surface area contributed by atoms with Crippen molar-refractivity contribution in [3.8, 4) is 0 Å². The van der Waals surface area contributed by atoms with Crippen LogP contribution >= 0.6 is 12.4 Å². The van der Waals surface area contributed by atoms with Crippen molar-refractivity contribution in [2.75, 3.05) is 26.8 Å². The number of hydrazone groups is 1. The van der Waals surface area contributed by atoms with E-state index < -0.39 is 0 Å². The summed E-state index contributed by atoms with van der Waals surface area (Å²) in [5.41, 5.74) is 3.05. The molecule has 0 aromatic carbocycles.